The van der Waals surface area contributed by atoms with Gasteiger partial charge in [-0.2, -0.15) is 0 Å². The van der Waals surface area contributed by atoms with Crippen LogP contribution in [-0.4, -0.2) is 26.7 Å². The maximum absolute atomic E-state index is 12.3. The SMILES string of the molecule is COc1ccc(CC(=O)NCCc2cccc(OCc3ccccc3)c2)cc1OC. The van der Waals surface area contributed by atoms with Gasteiger partial charge in [-0.05, 0) is 47.4 Å². The molecule has 0 saturated heterocycles. The summed E-state index contributed by atoms with van der Waals surface area (Å²) < 4.78 is 16.4. The zero-order valence-corrected chi connectivity index (χ0v) is 17.4. The van der Waals surface area contributed by atoms with E-state index >= 15 is 0 Å². The first-order valence-corrected chi connectivity index (χ1v) is 9.91. The Balaban J connectivity index is 1.46. The Kier molecular flexibility index (Phi) is 7.72. The van der Waals surface area contributed by atoms with Crippen LogP contribution in [0.4, 0.5) is 0 Å². The van der Waals surface area contributed by atoms with Gasteiger partial charge in [0.15, 0.2) is 11.5 Å². The monoisotopic (exact) mass is 405 g/mol. The summed E-state index contributed by atoms with van der Waals surface area (Å²) in [6, 6.07) is 23.5. The molecular weight excluding hydrogens is 378 g/mol. The van der Waals surface area contributed by atoms with Crippen LogP contribution < -0.4 is 19.5 Å². The molecule has 1 N–H and O–H groups in total. The first-order valence-electron chi connectivity index (χ1n) is 9.91. The molecule has 5 nitrogen and oxygen atoms in total. The summed E-state index contributed by atoms with van der Waals surface area (Å²) in [5, 5.41) is 2.97. The van der Waals surface area contributed by atoms with Crippen LogP contribution in [-0.2, 0) is 24.2 Å². The Labute approximate surface area is 177 Å². The zero-order chi connectivity index (χ0) is 21.2. The average Bonchev–Trinajstić information content (AvgIpc) is 2.78. The molecular formula is C25H27NO4. The van der Waals surface area contributed by atoms with Gasteiger partial charge in [0.1, 0.15) is 12.4 Å². The fraction of sp³-hybridized carbons (Fsp3) is 0.240. The molecule has 0 saturated carbocycles. The number of ether oxygens (including phenoxy) is 3. The number of benzene rings is 3. The largest absolute Gasteiger partial charge is 0.493 e. The van der Waals surface area contributed by atoms with Gasteiger partial charge >= 0.3 is 0 Å². The van der Waals surface area contributed by atoms with Gasteiger partial charge in [-0.1, -0.05) is 48.5 Å². The van der Waals surface area contributed by atoms with E-state index in [9.17, 15) is 4.79 Å². The van der Waals surface area contributed by atoms with E-state index in [1.807, 2.05) is 72.8 Å². The third-order valence-electron chi connectivity index (χ3n) is 4.70. The Morgan fingerprint density at radius 1 is 0.800 bits per heavy atom. The number of hydrogen-bond donors (Lipinski definition) is 1. The van der Waals surface area contributed by atoms with E-state index in [1.54, 1.807) is 14.2 Å². The first-order chi connectivity index (χ1) is 14.7. The Morgan fingerprint density at radius 3 is 2.33 bits per heavy atom. The Morgan fingerprint density at radius 2 is 1.57 bits per heavy atom. The van der Waals surface area contributed by atoms with E-state index in [-0.39, 0.29) is 5.91 Å². The van der Waals surface area contributed by atoms with Crippen LogP contribution in [0.15, 0.2) is 72.8 Å². The van der Waals surface area contributed by atoms with Crippen molar-refractivity contribution in [3.05, 3.63) is 89.5 Å². The minimum atomic E-state index is -0.0290. The van der Waals surface area contributed by atoms with E-state index in [4.69, 9.17) is 14.2 Å². The van der Waals surface area contributed by atoms with Crippen molar-refractivity contribution in [1.29, 1.82) is 0 Å². The number of carbonyl (C=O) groups excluding carboxylic acids is 1. The quantitative estimate of drug-likeness (QED) is 0.550. The minimum absolute atomic E-state index is 0.0290. The predicted molar refractivity (Wildman–Crippen MR) is 117 cm³/mol. The van der Waals surface area contributed by atoms with Gasteiger partial charge in [0, 0.05) is 6.54 Å². The van der Waals surface area contributed by atoms with Crippen molar-refractivity contribution in [1.82, 2.24) is 5.32 Å². The number of hydrogen-bond acceptors (Lipinski definition) is 4. The Hall–Kier alpha value is -3.47. The lowest BCUT2D eigenvalue weighted by molar-refractivity contribution is -0.120. The summed E-state index contributed by atoms with van der Waals surface area (Å²) in [5.41, 5.74) is 3.12. The molecule has 0 atom stereocenters. The molecule has 1 amide bonds. The van der Waals surface area contributed by atoms with Gasteiger partial charge in [-0.15, -0.1) is 0 Å². The molecule has 3 rings (SSSR count). The van der Waals surface area contributed by atoms with Gasteiger partial charge in [-0.25, -0.2) is 0 Å². The summed E-state index contributed by atoms with van der Waals surface area (Å²) >= 11 is 0. The fourth-order valence-electron chi connectivity index (χ4n) is 3.12. The molecule has 0 unspecified atom stereocenters. The highest BCUT2D eigenvalue weighted by Crippen LogP contribution is 2.27. The molecule has 0 heterocycles. The molecule has 5 heteroatoms. The zero-order valence-electron chi connectivity index (χ0n) is 17.4. The number of nitrogens with one attached hydrogen (secondary N) is 1. The molecule has 0 spiro atoms. The van der Waals surface area contributed by atoms with Gasteiger partial charge in [0.05, 0.1) is 20.6 Å². The molecule has 30 heavy (non-hydrogen) atoms. The molecule has 0 aliphatic rings. The average molecular weight is 405 g/mol. The molecule has 0 aromatic heterocycles. The highest BCUT2D eigenvalue weighted by Gasteiger charge is 2.08. The highest BCUT2D eigenvalue weighted by molar-refractivity contribution is 5.78. The van der Waals surface area contributed by atoms with Crippen LogP contribution in [0.3, 0.4) is 0 Å². The van der Waals surface area contributed by atoms with Crippen LogP contribution in [0, 0.1) is 0 Å². The third kappa shape index (κ3) is 6.27. The van der Waals surface area contributed by atoms with Crippen LogP contribution >= 0.6 is 0 Å². The van der Waals surface area contributed by atoms with Crippen molar-refractivity contribution in [3.8, 4) is 17.2 Å². The second-order valence-electron chi connectivity index (χ2n) is 6.89. The molecule has 0 aliphatic heterocycles. The fourth-order valence-corrected chi connectivity index (χ4v) is 3.12. The van der Waals surface area contributed by atoms with E-state index in [1.165, 1.54) is 0 Å². The first kappa shape index (κ1) is 21.2. The summed E-state index contributed by atoms with van der Waals surface area (Å²) in [6.45, 7) is 1.10. The summed E-state index contributed by atoms with van der Waals surface area (Å²) in [7, 11) is 3.17. The van der Waals surface area contributed by atoms with E-state index in [0.717, 1.165) is 28.9 Å². The molecule has 156 valence electrons. The van der Waals surface area contributed by atoms with Crippen LogP contribution in [0.25, 0.3) is 0 Å². The lowest BCUT2D eigenvalue weighted by atomic mass is 10.1. The molecule has 0 aliphatic carbocycles. The van der Waals surface area contributed by atoms with Crippen molar-refractivity contribution in [2.45, 2.75) is 19.4 Å². The highest BCUT2D eigenvalue weighted by atomic mass is 16.5. The van der Waals surface area contributed by atoms with Crippen molar-refractivity contribution in [2.24, 2.45) is 0 Å². The summed E-state index contributed by atoms with van der Waals surface area (Å²) in [6.07, 6.45) is 1.03. The number of carbonyl (C=O) groups is 1. The summed E-state index contributed by atoms with van der Waals surface area (Å²) in [4.78, 5) is 12.3. The second kappa shape index (κ2) is 10.9. The standard InChI is InChI=1S/C25H27NO4/c1-28-23-12-11-21(16-24(23)29-2)17-25(27)26-14-13-19-9-6-10-22(15-19)30-18-20-7-4-3-5-8-20/h3-12,15-16H,13-14,17-18H2,1-2H3,(H,26,27). The normalized spacial score (nSPS) is 10.3. The predicted octanol–water partition coefficient (Wildman–Crippen LogP) is 4.18. The van der Waals surface area contributed by atoms with Gasteiger partial charge in [0.25, 0.3) is 0 Å². The van der Waals surface area contributed by atoms with E-state index in [0.29, 0.717) is 31.1 Å². The van der Waals surface area contributed by atoms with E-state index in [2.05, 4.69) is 5.32 Å². The van der Waals surface area contributed by atoms with Crippen molar-refractivity contribution in [3.63, 3.8) is 0 Å². The number of amides is 1. The molecule has 0 bridgehead atoms. The topological polar surface area (TPSA) is 56.8 Å². The minimum Gasteiger partial charge on any atom is -0.493 e. The van der Waals surface area contributed by atoms with Gasteiger partial charge < -0.3 is 19.5 Å². The van der Waals surface area contributed by atoms with Crippen molar-refractivity contribution < 1.29 is 19.0 Å². The van der Waals surface area contributed by atoms with E-state index < -0.39 is 0 Å². The van der Waals surface area contributed by atoms with Crippen LogP contribution in [0.1, 0.15) is 16.7 Å². The third-order valence-corrected chi connectivity index (χ3v) is 4.70. The van der Waals surface area contributed by atoms with Crippen molar-refractivity contribution in [2.75, 3.05) is 20.8 Å². The Bertz CT molecular complexity index is 956. The number of methoxy groups -OCH3 is 2. The summed E-state index contributed by atoms with van der Waals surface area (Å²) in [5.74, 6) is 2.07. The molecule has 3 aromatic rings. The van der Waals surface area contributed by atoms with Crippen LogP contribution in [0.5, 0.6) is 17.2 Å². The van der Waals surface area contributed by atoms with Gasteiger partial charge in [-0.3, -0.25) is 4.79 Å². The maximum atomic E-state index is 12.3. The molecule has 0 radical (unpaired) electrons. The van der Waals surface area contributed by atoms with Crippen molar-refractivity contribution >= 4 is 5.91 Å². The van der Waals surface area contributed by atoms with Crippen LogP contribution in [0.2, 0.25) is 0 Å². The number of rotatable bonds is 10. The molecule has 0 fully saturated rings. The second-order valence-corrected chi connectivity index (χ2v) is 6.89. The lowest BCUT2D eigenvalue weighted by Crippen LogP contribution is -2.27. The molecule has 3 aromatic carbocycles. The lowest BCUT2D eigenvalue weighted by Gasteiger charge is -2.10. The smallest absolute Gasteiger partial charge is 0.224 e. The maximum Gasteiger partial charge on any atom is 0.224 e. The van der Waals surface area contributed by atoms with Gasteiger partial charge in [0.2, 0.25) is 5.91 Å².